The molecule has 0 bridgehead atoms. The zero-order chi connectivity index (χ0) is 17.9. The third-order valence-corrected chi connectivity index (χ3v) is 5.35. The van der Waals surface area contributed by atoms with Gasteiger partial charge < -0.3 is 15.5 Å². The van der Waals surface area contributed by atoms with E-state index in [0.717, 1.165) is 45.3 Å². The van der Waals surface area contributed by atoms with Crippen LogP contribution in [0.25, 0.3) is 0 Å². The molecule has 0 aliphatic carbocycles. The molecule has 1 unspecified atom stereocenters. The minimum Gasteiger partial charge on any atom is -0.351 e. The largest absolute Gasteiger partial charge is 0.351 e. The van der Waals surface area contributed by atoms with Gasteiger partial charge in [-0.2, -0.15) is 5.10 Å². The zero-order valence-electron chi connectivity index (χ0n) is 15.6. The van der Waals surface area contributed by atoms with Gasteiger partial charge in [-0.15, -0.1) is 12.4 Å². The van der Waals surface area contributed by atoms with Crippen molar-refractivity contribution in [1.82, 2.24) is 25.3 Å². The van der Waals surface area contributed by atoms with Crippen LogP contribution >= 0.6 is 12.4 Å². The average Bonchev–Trinajstić information content (AvgIpc) is 3.17. The first kappa shape index (κ1) is 20.7. The molecule has 0 aromatic carbocycles. The normalized spacial score (nSPS) is 22.6. The van der Waals surface area contributed by atoms with Gasteiger partial charge in [-0.05, 0) is 44.8 Å². The Morgan fingerprint density at radius 2 is 2.04 bits per heavy atom. The monoisotopic (exact) mass is 383 g/mol. The lowest BCUT2D eigenvalue weighted by atomic mass is 9.86. The highest BCUT2D eigenvalue weighted by Crippen LogP contribution is 2.30. The predicted molar refractivity (Wildman–Crippen MR) is 102 cm³/mol. The second-order valence-electron chi connectivity index (χ2n) is 7.49. The molecule has 0 saturated carbocycles. The molecule has 2 N–H and O–H groups in total. The van der Waals surface area contributed by atoms with Crippen LogP contribution in [0.5, 0.6) is 0 Å². The van der Waals surface area contributed by atoms with Crippen LogP contribution in [0.2, 0.25) is 0 Å². The SMILES string of the molecule is CC(C)C(=O)NC1CCCN(C(=O)C2(n3cccn3)CCNCC2)C1.Cl. The van der Waals surface area contributed by atoms with Crippen LogP contribution in [0, 0.1) is 5.92 Å². The number of hydrogen-bond acceptors (Lipinski definition) is 4. The molecule has 1 aromatic rings. The number of rotatable bonds is 4. The minimum absolute atomic E-state index is 0. The van der Waals surface area contributed by atoms with Gasteiger partial charge in [0.15, 0.2) is 0 Å². The van der Waals surface area contributed by atoms with Crippen LogP contribution in [0.3, 0.4) is 0 Å². The molecule has 2 aliphatic rings. The van der Waals surface area contributed by atoms with E-state index in [9.17, 15) is 9.59 Å². The van der Waals surface area contributed by atoms with E-state index < -0.39 is 5.54 Å². The van der Waals surface area contributed by atoms with Crippen LogP contribution in [0.15, 0.2) is 18.5 Å². The Hall–Kier alpha value is -1.60. The summed E-state index contributed by atoms with van der Waals surface area (Å²) in [6.45, 7) is 6.75. The van der Waals surface area contributed by atoms with Crippen molar-refractivity contribution in [3.8, 4) is 0 Å². The fraction of sp³-hybridized carbons (Fsp3) is 0.722. The van der Waals surface area contributed by atoms with E-state index in [1.54, 1.807) is 6.20 Å². The van der Waals surface area contributed by atoms with Gasteiger partial charge in [0.2, 0.25) is 5.91 Å². The number of likely N-dealkylation sites (tertiary alicyclic amines) is 1. The van der Waals surface area contributed by atoms with Crippen molar-refractivity contribution in [2.45, 2.75) is 51.1 Å². The molecule has 0 radical (unpaired) electrons. The van der Waals surface area contributed by atoms with Crippen molar-refractivity contribution in [1.29, 1.82) is 0 Å². The van der Waals surface area contributed by atoms with Crippen LogP contribution in [-0.2, 0) is 15.1 Å². The molecule has 26 heavy (non-hydrogen) atoms. The first-order chi connectivity index (χ1) is 12.0. The summed E-state index contributed by atoms with van der Waals surface area (Å²) >= 11 is 0. The summed E-state index contributed by atoms with van der Waals surface area (Å²) < 4.78 is 1.84. The van der Waals surface area contributed by atoms with E-state index in [-0.39, 0.29) is 36.2 Å². The summed E-state index contributed by atoms with van der Waals surface area (Å²) in [5.41, 5.74) is -0.599. The van der Waals surface area contributed by atoms with E-state index in [1.165, 1.54) is 0 Å². The average molecular weight is 384 g/mol. The standard InChI is InChI=1S/C18H29N5O2.ClH/c1-14(2)16(24)21-15-5-3-11-22(13-15)17(25)18(6-9-19-10-7-18)23-12-4-8-20-23;/h4,8,12,14-15,19H,3,5-7,9-11,13H2,1-2H3,(H,21,24);1H. The number of hydrogen-bond donors (Lipinski definition) is 2. The van der Waals surface area contributed by atoms with Crippen LogP contribution < -0.4 is 10.6 Å². The molecule has 8 heteroatoms. The molecule has 0 spiro atoms. The molecule has 146 valence electrons. The van der Waals surface area contributed by atoms with Crippen molar-refractivity contribution in [2.24, 2.45) is 5.92 Å². The summed E-state index contributed by atoms with van der Waals surface area (Å²) in [6.07, 6.45) is 6.96. The Morgan fingerprint density at radius 1 is 1.31 bits per heavy atom. The van der Waals surface area contributed by atoms with Gasteiger partial charge in [0.1, 0.15) is 5.54 Å². The third-order valence-electron chi connectivity index (χ3n) is 5.35. The molecule has 3 rings (SSSR count). The smallest absolute Gasteiger partial charge is 0.250 e. The Kier molecular flexibility index (Phi) is 7.06. The third kappa shape index (κ3) is 4.20. The molecule has 3 heterocycles. The highest BCUT2D eigenvalue weighted by atomic mass is 35.5. The molecule has 7 nitrogen and oxygen atoms in total. The van der Waals surface area contributed by atoms with Crippen LogP contribution in [-0.4, -0.2) is 58.7 Å². The first-order valence-corrected chi connectivity index (χ1v) is 9.33. The second kappa shape index (κ2) is 8.86. The van der Waals surface area contributed by atoms with Crippen molar-refractivity contribution in [3.63, 3.8) is 0 Å². The summed E-state index contributed by atoms with van der Waals surface area (Å²) in [5.74, 6) is 0.162. The number of nitrogens with one attached hydrogen (secondary N) is 2. The quantitative estimate of drug-likeness (QED) is 0.817. The fourth-order valence-electron chi connectivity index (χ4n) is 3.84. The maximum absolute atomic E-state index is 13.5. The highest BCUT2D eigenvalue weighted by molar-refractivity contribution is 5.85. The summed E-state index contributed by atoms with van der Waals surface area (Å²) in [6, 6.07) is 1.92. The van der Waals surface area contributed by atoms with E-state index in [1.807, 2.05) is 35.7 Å². The summed E-state index contributed by atoms with van der Waals surface area (Å²) in [5, 5.41) is 10.8. The highest BCUT2D eigenvalue weighted by Gasteiger charge is 2.45. The molecule has 2 amide bonds. The Labute approximate surface area is 161 Å². The van der Waals surface area contributed by atoms with E-state index in [2.05, 4.69) is 15.7 Å². The molecular formula is C18H30ClN5O2. The molecule has 1 atom stereocenters. The number of piperidine rings is 2. The lowest BCUT2D eigenvalue weighted by Crippen LogP contribution is -2.59. The van der Waals surface area contributed by atoms with Crippen molar-refractivity contribution in [2.75, 3.05) is 26.2 Å². The van der Waals surface area contributed by atoms with Gasteiger partial charge in [-0.25, -0.2) is 0 Å². The van der Waals surface area contributed by atoms with Crippen LogP contribution in [0.4, 0.5) is 0 Å². The molecule has 2 saturated heterocycles. The van der Waals surface area contributed by atoms with Gasteiger partial charge in [-0.1, -0.05) is 13.8 Å². The maximum Gasteiger partial charge on any atom is 0.250 e. The van der Waals surface area contributed by atoms with Crippen molar-refractivity contribution < 1.29 is 9.59 Å². The van der Waals surface area contributed by atoms with Gasteiger partial charge in [0.25, 0.3) is 5.91 Å². The Morgan fingerprint density at radius 3 is 2.65 bits per heavy atom. The molecule has 2 fully saturated rings. The number of nitrogens with zero attached hydrogens (tertiary/aromatic N) is 3. The van der Waals surface area contributed by atoms with Gasteiger partial charge in [-0.3, -0.25) is 14.3 Å². The van der Waals surface area contributed by atoms with Crippen molar-refractivity contribution >= 4 is 24.2 Å². The summed E-state index contributed by atoms with van der Waals surface area (Å²) in [7, 11) is 0. The van der Waals surface area contributed by atoms with Gasteiger partial charge in [0, 0.05) is 37.4 Å². The van der Waals surface area contributed by atoms with Gasteiger partial charge >= 0.3 is 0 Å². The lowest BCUT2D eigenvalue weighted by Gasteiger charge is -2.42. The van der Waals surface area contributed by atoms with Crippen LogP contribution in [0.1, 0.15) is 39.5 Å². The fourth-order valence-corrected chi connectivity index (χ4v) is 3.84. The van der Waals surface area contributed by atoms with E-state index in [4.69, 9.17) is 0 Å². The first-order valence-electron chi connectivity index (χ1n) is 9.33. The Balaban J connectivity index is 0.00000243. The second-order valence-corrected chi connectivity index (χ2v) is 7.49. The maximum atomic E-state index is 13.5. The predicted octanol–water partition coefficient (Wildman–Crippen LogP) is 1.15. The molecule has 2 aliphatic heterocycles. The number of aromatic nitrogens is 2. The number of carbonyl (C=O) groups excluding carboxylic acids is 2. The summed E-state index contributed by atoms with van der Waals surface area (Å²) in [4.78, 5) is 27.4. The minimum atomic E-state index is -0.599. The van der Waals surface area contributed by atoms with Gasteiger partial charge in [0.05, 0.1) is 0 Å². The Bertz CT molecular complexity index is 599. The van der Waals surface area contributed by atoms with Crippen molar-refractivity contribution in [3.05, 3.63) is 18.5 Å². The lowest BCUT2D eigenvalue weighted by molar-refractivity contribution is -0.145. The number of carbonyl (C=O) groups is 2. The zero-order valence-corrected chi connectivity index (χ0v) is 16.4. The molecular weight excluding hydrogens is 354 g/mol. The van der Waals surface area contributed by atoms with E-state index >= 15 is 0 Å². The van der Waals surface area contributed by atoms with E-state index in [0.29, 0.717) is 6.54 Å². The number of amides is 2. The number of halogens is 1. The molecule has 1 aromatic heterocycles. The topological polar surface area (TPSA) is 79.3 Å².